The number of aliphatic hydroxyl groups excluding tert-OH is 1. The molecule has 0 saturated carbocycles. The van der Waals surface area contributed by atoms with Crippen LogP contribution in [-0.4, -0.2) is 16.0 Å². The van der Waals surface area contributed by atoms with Gasteiger partial charge in [0.15, 0.2) is 5.78 Å². The number of Topliss-reactive ketones (excluding diaryl/α,β-unsaturated/α-hetero) is 1. The van der Waals surface area contributed by atoms with Crippen molar-refractivity contribution in [2.24, 2.45) is 5.92 Å². The van der Waals surface area contributed by atoms with Crippen molar-refractivity contribution in [2.45, 2.75) is 20.5 Å². The maximum Gasteiger partial charge on any atom is 0.165 e. The van der Waals surface area contributed by atoms with Crippen LogP contribution in [0.15, 0.2) is 18.2 Å². The fourth-order valence-corrected chi connectivity index (χ4v) is 1.18. The van der Waals surface area contributed by atoms with Gasteiger partial charge in [0.25, 0.3) is 0 Å². The topological polar surface area (TPSA) is 57.5 Å². The number of rotatable bonds is 3. The number of carbonyl (C=O) groups excluding carboxylic acids is 1. The van der Waals surface area contributed by atoms with Crippen LogP contribution in [0.5, 0.6) is 5.75 Å². The van der Waals surface area contributed by atoms with Gasteiger partial charge in [-0.05, 0) is 6.07 Å². The van der Waals surface area contributed by atoms with E-state index in [1.54, 1.807) is 26.0 Å². The molecule has 1 aromatic rings. The lowest BCUT2D eigenvalue weighted by Gasteiger charge is -2.06. The largest absolute Gasteiger partial charge is 0.508 e. The van der Waals surface area contributed by atoms with Gasteiger partial charge in [-0.15, -0.1) is 0 Å². The van der Waals surface area contributed by atoms with Gasteiger partial charge in [-0.3, -0.25) is 4.79 Å². The molecule has 0 bridgehead atoms. The van der Waals surface area contributed by atoms with Crippen molar-refractivity contribution >= 4 is 5.78 Å². The second-order valence-corrected chi connectivity index (χ2v) is 3.52. The fourth-order valence-electron chi connectivity index (χ4n) is 1.18. The minimum absolute atomic E-state index is 0.00945. The van der Waals surface area contributed by atoms with Gasteiger partial charge in [0.1, 0.15) is 5.75 Å². The van der Waals surface area contributed by atoms with E-state index in [0.29, 0.717) is 11.1 Å². The lowest BCUT2D eigenvalue weighted by atomic mass is 10.00. The van der Waals surface area contributed by atoms with Gasteiger partial charge in [0.05, 0.1) is 6.61 Å². The molecule has 3 heteroatoms. The first kappa shape index (κ1) is 10.7. The molecule has 3 nitrogen and oxygen atoms in total. The Hall–Kier alpha value is -1.35. The summed E-state index contributed by atoms with van der Waals surface area (Å²) in [5.41, 5.74) is 0.917. The van der Waals surface area contributed by atoms with E-state index >= 15 is 0 Å². The Morgan fingerprint density at radius 3 is 2.50 bits per heavy atom. The van der Waals surface area contributed by atoms with Gasteiger partial charge >= 0.3 is 0 Å². The normalized spacial score (nSPS) is 10.6. The second-order valence-electron chi connectivity index (χ2n) is 3.52. The maximum absolute atomic E-state index is 11.5. The Balaban J connectivity index is 3.03. The first-order valence-corrected chi connectivity index (χ1v) is 4.53. The third-order valence-corrected chi connectivity index (χ3v) is 2.06. The Morgan fingerprint density at radius 1 is 1.43 bits per heavy atom. The van der Waals surface area contributed by atoms with Crippen LogP contribution in [-0.2, 0) is 6.61 Å². The zero-order valence-corrected chi connectivity index (χ0v) is 8.32. The van der Waals surface area contributed by atoms with Crippen LogP contribution in [0.25, 0.3) is 0 Å². The maximum atomic E-state index is 11.5. The van der Waals surface area contributed by atoms with Crippen molar-refractivity contribution in [1.82, 2.24) is 0 Å². The smallest absolute Gasteiger partial charge is 0.165 e. The molecule has 1 rings (SSSR count). The van der Waals surface area contributed by atoms with E-state index in [4.69, 9.17) is 5.11 Å². The van der Waals surface area contributed by atoms with E-state index in [1.807, 2.05) is 0 Å². The summed E-state index contributed by atoms with van der Waals surface area (Å²) in [4.78, 5) is 11.5. The van der Waals surface area contributed by atoms with Crippen LogP contribution in [0.3, 0.4) is 0 Å². The highest BCUT2D eigenvalue weighted by Crippen LogP contribution is 2.20. The molecule has 0 heterocycles. The van der Waals surface area contributed by atoms with Crippen LogP contribution in [0.4, 0.5) is 0 Å². The van der Waals surface area contributed by atoms with E-state index < -0.39 is 0 Å². The molecule has 0 saturated heterocycles. The molecule has 0 aliphatic heterocycles. The van der Waals surface area contributed by atoms with Gasteiger partial charge in [-0.2, -0.15) is 0 Å². The zero-order chi connectivity index (χ0) is 10.7. The summed E-state index contributed by atoms with van der Waals surface area (Å²) in [7, 11) is 0. The first-order chi connectivity index (χ1) is 6.56. The molecule has 0 radical (unpaired) electrons. The van der Waals surface area contributed by atoms with Crippen molar-refractivity contribution < 1.29 is 15.0 Å². The molecule has 2 N–H and O–H groups in total. The zero-order valence-electron chi connectivity index (χ0n) is 8.32. The molecule has 0 aliphatic rings. The summed E-state index contributed by atoms with van der Waals surface area (Å²) >= 11 is 0. The van der Waals surface area contributed by atoms with Gasteiger partial charge in [0, 0.05) is 17.0 Å². The number of phenols is 1. The lowest BCUT2D eigenvalue weighted by Crippen LogP contribution is -2.07. The summed E-state index contributed by atoms with van der Waals surface area (Å²) in [6.45, 7) is 3.39. The summed E-state index contributed by atoms with van der Waals surface area (Å²) in [5.74, 6) is -0.127. The van der Waals surface area contributed by atoms with Gasteiger partial charge in [-0.25, -0.2) is 0 Å². The van der Waals surface area contributed by atoms with Crippen LogP contribution in [0.1, 0.15) is 29.8 Å². The van der Waals surface area contributed by atoms with Crippen LogP contribution < -0.4 is 0 Å². The van der Waals surface area contributed by atoms with Crippen LogP contribution in [0.2, 0.25) is 0 Å². The van der Waals surface area contributed by atoms with Crippen molar-refractivity contribution in [3.05, 3.63) is 29.3 Å². The van der Waals surface area contributed by atoms with Gasteiger partial charge in [0.2, 0.25) is 0 Å². The van der Waals surface area contributed by atoms with Crippen molar-refractivity contribution in [3.63, 3.8) is 0 Å². The average molecular weight is 194 g/mol. The SMILES string of the molecule is CC(C)C(=O)c1ccc(CO)c(O)c1. The van der Waals surface area contributed by atoms with E-state index in [2.05, 4.69) is 0 Å². The monoisotopic (exact) mass is 194 g/mol. The molecule has 0 spiro atoms. The molecular weight excluding hydrogens is 180 g/mol. The average Bonchev–Trinajstić information content (AvgIpc) is 2.16. The molecule has 0 aromatic heterocycles. The molecule has 0 amide bonds. The predicted molar refractivity (Wildman–Crippen MR) is 53.2 cm³/mol. The standard InChI is InChI=1S/C11H14O3/c1-7(2)11(14)8-3-4-9(6-12)10(13)5-8/h3-5,7,12-13H,6H2,1-2H3. The summed E-state index contributed by atoms with van der Waals surface area (Å²) in [6.07, 6.45) is 0. The number of hydrogen-bond donors (Lipinski definition) is 2. The Kier molecular flexibility index (Phi) is 3.25. The quantitative estimate of drug-likeness (QED) is 0.720. The third kappa shape index (κ3) is 2.12. The summed E-state index contributed by atoms with van der Waals surface area (Å²) in [6, 6.07) is 4.58. The molecule has 0 unspecified atom stereocenters. The minimum Gasteiger partial charge on any atom is -0.508 e. The predicted octanol–water partition coefficient (Wildman–Crippen LogP) is 1.72. The molecule has 76 valence electrons. The molecule has 1 aromatic carbocycles. The third-order valence-electron chi connectivity index (χ3n) is 2.06. The minimum atomic E-state index is -0.220. The second kappa shape index (κ2) is 4.24. The summed E-state index contributed by atoms with van der Waals surface area (Å²) < 4.78 is 0. The first-order valence-electron chi connectivity index (χ1n) is 4.53. The number of hydrogen-bond acceptors (Lipinski definition) is 3. The molecule has 0 fully saturated rings. The highest BCUT2D eigenvalue weighted by atomic mass is 16.3. The Bertz CT molecular complexity index is 342. The number of benzene rings is 1. The Morgan fingerprint density at radius 2 is 2.07 bits per heavy atom. The molecule has 0 aliphatic carbocycles. The van der Waals surface area contributed by atoms with Crippen molar-refractivity contribution in [3.8, 4) is 5.75 Å². The molecule has 14 heavy (non-hydrogen) atoms. The van der Waals surface area contributed by atoms with Gasteiger partial charge < -0.3 is 10.2 Å². The number of carbonyl (C=O) groups is 1. The Labute approximate surface area is 83.0 Å². The number of aliphatic hydroxyl groups is 1. The molecular formula is C11H14O3. The van der Waals surface area contributed by atoms with E-state index in [-0.39, 0.29) is 24.1 Å². The van der Waals surface area contributed by atoms with Crippen molar-refractivity contribution in [1.29, 1.82) is 0 Å². The van der Waals surface area contributed by atoms with E-state index in [0.717, 1.165) is 0 Å². The highest BCUT2D eigenvalue weighted by molar-refractivity contribution is 5.97. The van der Waals surface area contributed by atoms with Gasteiger partial charge in [-0.1, -0.05) is 26.0 Å². The molecule has 0 atom stereocenters. The fraction of sp³-hybridized carbons (Fsp3) is 0.364. The number of aromatic hydroxyl groups is 1. The van der Waals surface area contributed by atoms with Crippen LogP contribution >= 0.6 is 0 Å². The van der Waals surface area contributed by atoms with E-state index in [9.17, 15) is 9.90 Å². The van der Waals surface area contributed by atoms with Crippen LogP contribution in [0, 0.1) is 5.92 Å². The lowest BCUT2D eigenvalue weighted by molar-refractivity contribution is 0.0939. The van der Waals surface area contributed by atoms with E-state index in [1.165, 1.54) is 6.07 Å². The summed E-state index contributed by atoms with van der Waals surface area (Å²) in [5, 5.41) is 18.2. The van der Waals surface area contributed by atoms with Crippen molar-refractivity contribution in [2.75, 3.05) is 0 Å². The highest BCUT2D eigenvalue weighted by Gasteiger charge is 2.11. The number of ketones is 1.